The molecule has 0 aliphatic heterocycles. The van der Waals surface area contributed by atoms with Gasteiger partial charge in [-0.1, -0.05) is 20.3 Å². The number of nitrogen functional groups attached to an aromatic ring is 1. The number of carboxylic acids is 1. The van der Waals surface area contributed by atoms with Crippen LogP contribution >= 0.6 is 0 Å². The van der Waals surface area contributed by atoms with Crippen molar-refractivity contribution in [1.29, 1.82) is 0 Å². The van der Waals surface area contributed by atoms with Crippen LogP contribution in [-0.2, 0) is 4.79 Å². The van der Waals surface area contributed by atoms with Gasteiger partial charge in [0.2, 0.25) is 5.91 Å². The van der Waals surface area contributed by atoms with E-state index in [0.29, 0.717) is 30.3 Å². The molecule has 5 heteroatoms. The number of carboxylic acid groups (broad SMARTS) is 1. The number of carbonyl (C=O) groups is 2. The smallest absolute Gasteiger partial charge is 0.335 e. The van der Waals surface area contributed by atoms with Crippen molar-refractivity contribution < 1.29 is 14.7 Å². The molecule has 1 amide bonds. The summed E-state index contributed by atoms with van der Waals surface area (Å²) in [6, 6.07) is 4.45. The van der Waals surface area contributed by atoms with Gasteiger partial charge in [0.15, 0.2) is 0 Å². The molecule has 0 aliphatic carbocycles. The van der Waals surface area contributed by atoms with Crippen molar-refractivity contribution in [1.82, 2.24) is 0 Å². The van der Waals surface area contributed by atoms with Crippen LogP contribution in [0.2, 0.25) is 0 Å². The largest absolute Gasteiger partial charge is 0.478 e. The van der Waals surface area contributed by atoms with Crippen molar-refractivity contribution in [2.75, 3.05) is 17.2 Å². The van der Waals surface area contributed by atoms with E-state index in [1.165, 1.54) is 12.1 Å². The van der Waals surface area contributed by atoms with Crippen LogP contribution in [0.5, 0.6) is 0 Å². The fourth-order valence-electron chi connectivity index (χ4n) is 1.97. The number of benzene rings is 1. The molecule has 0 saturated heterocycles. The second-order valence-electron chi connectivity index (χ2n) is 4.93. The van der Waals surface area contributed by atoms with Crippen molar-refractivity contribution in [2.24, 2.45) is 5.92 Å². The van der Waals surface area contributed by atoms with E-state index in [1.54, 1.807) is 11.0 Å². The van der Waals surface area contributed by atoms with E-state index in [-0.39, 0.29) is 11.5 Å². The molecule has 0 heterocycles. The third kappa shape index (κ3) is 3.73. The van der Waals surface area contributed by atoms with Crippen molar-refractivity contribution >= 4 is 23.3 Å². The molecule has 1 rings (SSSR count). The lowest BCUT2D eigenvalue weighted by molar-refractivity contribution is -0.119. The van der Waals surface area contributed by atoms with Gasteiger partial charge in [0.1, 0.15) is 0 Å². The predicted molar refractivity (Wildman–Crippen MR) is 79.9 cm³/mol. The summed E-state index contributed by atoms with van der Waals surface area (Å²) in [4.78, 5) is 24.8. The Balaban J connectivity index is 3.01. The quantitative estimate of drug-likeness (QED) is 0.784. The van der Waals surface area contributed by atoms with Gasteiger partial charge in [-0.05, 0) is 31.0 Å². The highest BCUT2D eigenvalue weighted by Crippen LogP contribution is 2.26. The summed E-state index contributed by atoms with van der Waals surface area (Å²) in [5.41, 5.74) is 6.89. The molecular weight excluding hydrogens is 256 g/mol. The first-order valence-electron chi connectivity index (χ1n) is 6.83. The Bertz CT molecular complexity index is 500. The van der Waals surface area contributed by atoms with E-state index >= 15 is 0 Å². The number of hydrogen-bond donors (Lipinski definition) is 2. The summed E-state index contributed by atoms with van der Waals surface area (Å²) >= 11 is 0. The SMILES string of the molecule is CCC(C)CC(=O)N(CC)c1ccc(C(=O)O)cc1N. The first-order valence-corrected chi connectivity index (χ1v) is 6.83. The summed E-state index contributed by atoms with van der Waals surface area (Å²) in [7, 11) is 0. The molecule has 0 aromatic heterocycles. The minimum Gasteiger partial charge on any atom is -0.478 e. The van der Waals surface area contributed by atoms with Gasteiger partial charge in [-0.2, -0.15) is 0 Å². The number of aromatic carboxylic acids is 1. The minimum absolute atomic E-state index is 0.0108. The highest BCUT2D eigenvalue weighted by Gasteiger charge is 2.19. The molecule has 5 nitrogen and oxygen atoms in total. The fourth-order valence-corrected chi connectivity index (χ4v) is 1.97. The molecule has 0 saturated carbocycles. The molecule has 0 bridgehead atoms. The Morgan fingerprint density at radius 1 is 1.35 bits per heavy atom. The van der Waals surface area contributed by atoms with Gasteiger partial charge in [-0.25, -0.2) is 4.79 Å². The van der Waals surface area contributed by atoms with E-state index < -0.39 is 5.97 Å². The highest BCUT2D eigenvalue weighted by molar-refractivity contribution is 5.98. The zero-order chi connectivity index (χ0) is 15.3. The number of nitrogens with two attached hydrogens (primary N) is 1. The molecule has 3 N–H and O–H groups in total. The van der Waals surface area contributed by atoms with E-state index in [2.05, 4.69) is 0 Å². The van der Waals surface area contributed by atoms with Gasteiger partial charge in [-0.15, -0.1) is 0 Å². The van der Waals surface area contributed by atoms with E-state index in [9.17, 15) is 9.59 Å². The Morgan fingerprint density at radius 3 is 2.45 bits per heavy atom. The average molecular weight is 278 g/mol. The predicted octanol–water partition coefficient (Wildman–Crippen LogP) is 2.76. The fraction of sp³-hybridized carbons (Fsp3) is 0.467. The molecule has 0 spiro atoms. The van der Waals surface area contributed by atoms with Crippen LogP contribution < -0.4 is 10.6 Å². The van der Waals surface area contributed by atoms with Crippen molar-refractivity contribution in [3.8, 4) is 0 Å². The normalized spacial score (nSPS) is 11.9. The van der Waals surface area contributed by atoms with Gasteiger partial charge in [-0.3, -0.25) is 4.79 Å². The standard InChI is InChI=1S/C15H22N2O3/c1-4-10(3)8-14(18)17(5-2)13-7-6-11(15(19)20)9-12(13)16/h6-7,9-10H,4-5,8,16H2,1-3H3,(H,19,20). The Hall–Kier alpha value is -2.04. The van der Waals surface area contributed by atoms with Crippen LogP contribution in [-0.4, -0.2) is 23.5 Å². The zero-order valence-electron chi connectivity index (χ0n) is 12.2. The molecule has 0 fully saturated rings. The Kier molecular flexibility index (Phi) is 5.55. The van der Waals surface area contributed by atoms with Crippen LogP contribution in [0.1, 0.15) is 44.0 Å². The van der Waals surface area contributed by atoms with Crippen LogP contribution in [0.4, 0.5) is 11.4 Å². The lowest BCUT2D eigenvalue weighted by Gasteiger charge is -2.24. The first-order chi connectivity index (χ1) is 9.40. The molecule has 1 aromatic carbocycles. The van der Waals surface area contributed by atoms with Crippen molar-refractivity contribution in [3.63, 3.8) is 0 Å². The molecule has 1 atom stereocenters. The van der Waals surface area contributed by atoms with Gasteiger partial charge in [0.25, 0.3) is 0 Å². The van der Waals surface area contributed by atoms with Crippen molar-refractivity contribution in [3.05, 3.63) is 23.8 Å². The van der Waals surface area contributed by atoms with E-state index in [1.807, 2.05) is 20.8 Å². The monoisotopic (exact) mass is 278 g/mol. The maximum atomic E-state index is 12.3. The summed E-state index contributed by atoms with van der Waals surface area (Å²) in [6.07, 6.45) is 1.40. The lowest BCUT2D eigenvalue weighted by Crippen LogP contribution is -2.32. The zero-order valence-corrected chi connectivity index (χ0v) is 12.2. The van der Waals surface area contributed by atoms with E-state index in [4.69, 9.17) is 10.8 Å². The van der Waals surface area contributed by atoms with Gasteiger partial charge >= 0.3 is 5.97 Å². The number of carbonyl (C=O) groups excluding carboxylic acids is 1. The molecule has 0 aliphatic rings. The molecular formula is C15H22N2O3. The molecule has 1 aromatic rings. The maximum absolute atomic E-state index is 12.3. The molecule has 0 radical (unpaired) electrons. The van der Waals surface area contributed by atoms with Crippen LogP contribution in [0.15, 0.2) is 18.2 Å². The third-order valence-corrected chi connectivity index (χ3v) is 3.40. The number of rotatable bonds is 6. The van der Waals surface area contributed by atoms with Gasteiger partial charge in [0.05, 0.1) is 16.9 Å². The number of nitrogens with zero attached hydrogens (tertiary/aromatic N) is 1. The third-order valence-electron chi connectivity index (χ3n) is 3.40. The van der Waals surface area contributed by atoms with Crippen molar-refractivity contribution in [2.45, 2.75) is 33.6 Å². The number of amides is 1. The summed E-state index contributed by atoms with van der Waals surface area (Å²) in [5.74, 6) is -0.704. The van der Waals surface area contributed by atoms with Gasteiger partial charge < -0.3 is 15.7 Å². The molecule has 110 valence electrons. The number of hydrogen-bond acceptors (Lipinski definition) is 3. The Morgan fingerprint density at radius 2 is 2.00 bits per heavy atom. The Labute approximate surface area is 119 Å². The minimum atomic E-state index is -1.03. The topological polar surface area (TPSA) is 83.6 Å². The lowest BCUT2D eigenvalue weighted by atomic mass is 10.0. The molecule has 1 unspecified atom stereocenters. The molecule has 20 heavy (non-hydrogen) atoms. The number of anilines is 2. The average Bonchev–Trinajstić information content (AvgIpc) is 2.40. The van der Waals surface area contributed by atoms with Gasteiger partial charge in [0, 0.05) is 13.0 Å². The first kappa shape index (κ1) is 16.0. The summed E-state index contributed by atoms with van der Waals surface area (Å²) in [5, 5.41) is 8.92. The second-order valence-corrected chi connectivity index (χ2v) is 4.93. The maximum Gasteiger partial charge on any atom is 0.335 e. The van der Waals surface area contributed by atoms with Crippen LogP contribution in [0.3, 0.4) is 0 Å². The summed E-state index contributed by atoms with van der Waals surface area (Å²) in [6.45, 7) is 6.46. The summed E-state index contributed by atoms with van der Waals surface area (Å²) < 4.78 is 0. The van der Waals surface area contributed by atoms with Crippen LogP contribution in [0, 0.1) is 5.92 Å². The van der Waals surface area contributed by atoms with Crippen LogP contribution in [0.25, 0.3) is 0 Å². The highest BCUT2D eigenvalue weighted by atomic mass is 16.4. The second kappa shape index (κ2) is 6.93. The van der Waals surface area contributed by atoms with E-state index in [0.717, 1.165) is 6.42 Å².